The first-order valence-corrected chi connectivity index (χ1v) is 3.51. The van der Waals surface area contributed by atoms with Crippen LogP contribution in [0.15, 0.2) is 6.07 Å². The average Bonchev–Trinajstić information content (AvgIpc) is 2.32. The first kappa shape index (κ1) is 8.23. The minimum atomic E-state index is -0.00503. The third-order valence-electron chi connectivity index (χ3n) is 1.56. The Morgan fingerprint density at radius 3 is 2.73 bits per heavy atom. The van der Waals surface area contributed by atoms with Crippen LogP contribution in [0.25, 0.3) is 0 Å². The Bertz CT molecular complexity index is 232. The molecule has 0 unspecified atom stereocenters. The minimum Gasteiger partial charge on any atom is -0.396 e. The van der Waals surface area contributed by atoms with E-state index in [0.717, 1.165) is 11.4 Å². The molecule has 0 aliphatic carbocycles. The van der Waals surface area contributed by atoms with Crippen LogP contribution in [-0.2, 0) is 20.1 Å². The summed E-state index contributed by atoms with van der Waals surface area (Å²) < 4.78 is 1.62. The van der Waals surface area contributed by atoms with Gasteiger partial charge >= 0.3 is 0 Å². The van der Waals surface area contributed by atoms with Crippen molar-refractivity contribution in [2.75, 3.05) is 6.61 Å². The zero-order valence-electron chi connectivity index (χ0n) is 6.49. The third-order valence-corrected chi connectivity index (χ3v) is 1.56. The summed E-state index contributed by atoms with van der Waals surface area (Å²) in [4.78, 5) is 0. The lowest BCUT2D eigenvalue weighted by Crippen LogP contribution is -1.98. The molecule has 2 N–H and O–H groups in total. The van der Waals surface area contributed by atoms with Crippen LogP contribution in [0, 0.1) is 0 Å². The Morgan fingerprint density at radius 2 is 2.27 bits per heavy atom. The van der Waals surface area contributed by atoms with Crippen molar-refractivity contribution in [3.05, 3.63) is 17.5 Å². The molecule has 11 heavy (non-hydrogen) atoms. The smallest absolute Gasteiger partial charge is 0.0849 e. The van der Waals surface area contributed by atoms with Crippen molar-refractivity contribution in [3.63, 3.8) is 0 Å². The monoisotopic (exact) mass is 156 g/mol. The molecule has 0 saturated heterocycles. The predicted octanol–water partition coefficient (Wildman–Crippen LogP) is -0.553. The van der Waals surface area contributed by atoms with Crippen LogP contribution in [0.3, 0.4) is 0 Å². The first-order chi connectivity index (χ1) is 5.27. The summed E-state index contributed by atoms with van der Waals surface area (Å²) in [6, 6.07) is 1.79. The van der Waals surface area contributed by atoms with E-state index in [1.807, 2.05) is 0 Å². The number of aromatic nitrogens is 2. The van der Waals surface area contributed by atoms with E-state index in [-0.39, 0.29) is 13.2 Å². The van der Waals surface area contributed by atoms with E-state index >= 15 is 0 Å². The van der Waals surface area contributed by atoms with Crippen LogP contribution in [-0.4, -0.2) is 26.6 Å². The maximum atomic E-state index is 8.78. The van der Waals surface area contributed by atoms with Gasteiger partial charge in [-0.1, -0.05) is 0 Å². The molecule has 0 aliphatic rings. The first-order valence-electron chi connectivity index (χ1n) is 3.51. The van der Waals surface area contributed by atoms with E-state index in [9.17, 15) is 0 Å². The molecule has 0 spiro atoms. The van der Waals surface area contributed by atoms with E-state index < -0.39 is 0 Å². The van der Waals surface area contributed by atoms with E-state index in [2.05, 4.69) is 5.10 Å². The molecule has 1 heterocycles. The Morgan fingerprint density at radius 1 is 1.55 bits per heavy atom. The van der Waals surface area contributed by atoms with Gasteiger partial charge in [0.2, 0.25) is 0 Å². The molecule has 1 rings (SSSR count). The molecule has 0 aliphatic heterocycles. The van der Waals surface area contributed by atoms with Gasteiger partial charge in [0.15, 0.2) is 0 Å². The van der Waals surface area contributed by atoms with Crippen molar-refractivity contribution in [2.45, 2.75) is 13.0 Å². The molecule has 0 saturated carbocycles. The van der Waals surface area contributed by atoms with Crippen LogP contribution >= 0.6 is 0 Å². The SMILES string of the molecule is Cn1nc(CCO)cc1CO. The van der Waals surface area contributed by atoms with E-state index in [1.165, 1.54) is 0 Å². The summed E-state index contributed by atoms with van der Waals surface area (Å²) >= 11 is 0. The molecule has 0 aromatic carbocycles. The van der Waals surface area contributed by atoms with Gasteiger partial charge in [-0.15, -0.1) is 0 Å². The van der Waals surface area contributed by atoms with Crippen molar-refractivity contribution in [2.24, 2.45) is 7.05 Å². The second-order valence-corrected chi connectivity index (χ2v) is 2.38. The van der Waals surface area contributed by atoms with Gasteiger partial charge in [-0.25, -0.2) is 0 Å². The van der Waals surface area contributed by atoms with E-state index in [0.29, 0.717) is 6.42 Å². The van der Waals surface area contributed by atoms with Crippen molar-refractivity contribution in [1.29, 1.82) is 0 Å². The third kappa shape index (κ3) is 1.78. The Balaban J connectivity index is 2.77. The molecule has 1 aromatic heterocycles. The van der Waals surface area contributed by atoms with Gasteiger partial charge < -0.3 is 10.2 Å². The largest absolute Gasteiger partial charge is 0.396 e. The van der Waals surface area contributed by atoms with E-state index in [1.54, 1.807) is 17.8 Å². The summed E-state index contributed by atoms with van der Waals surface area (Å²) in [5.74, 6) is 0. The normalized spacial score (nSPS) is 10.5. The fourth-order valence-corrected chi connectivity index (χ4v) is 0.956. The molecule has 62 valence electrons. The van der Waals surface area contributed by atoms with Crippen molar-refractivity contribution >= 4 is 0 Å². The van der Waals surface area contributed by atoms with Crippen LogP contribution in [0.5, 0.6) is 0 Å². The van der Waals surface area contributed by atoms with Gasteiger partial charge in [-0.05, 0) is 6.07 Å². The number of hydrogen-bond acceptors (Lipinski definition) is 3. The maximum Gasteiger partial charge on any atom is 0.0849 e. The topological polar surface area (TPSA) is 58.3 Å². The number of aryl methyl sites for hydroxylation is 1. The molecular formula is C7H12N2O2. The van der Waals surface area contributed by atoms with Gasteiger partial charge in [0.05, 0.1) is 18.0 Å². The molecule has 0 bridgehead atoms. The Kier molecular flexibility index (Phi) is 2.62. The number of nitrogens with zero attached hydrogens (tertiary/aromatic N) is 2. The molecular weight excluding hydrogens is 144 g/mol. The highest BCUT2D eigenvalue weighted by Crippen LogP contribution is 2.02. The lowest BCUT2D eigenvalue weighted by atomic mass is 10.3. The van der Waals surface area contributed by atoms with Gasteiger partial charge in [-0.3, -0.25) is 4.68 Å². The van der Waals surface area contributed by atoms with Gasteiger partial charge in [-0.2, -0.15) is 5.10 Å². The summed E-state index contributed by atoms with van der Waals surface area (Å²) in [5, 5.41) is 21.4. The van der Waals surface area contributed by atoms with Crippen LogP contribution in [0.2, 0.25) is 0 Å². The molecule has 1 aromatic rings. The molecule has 4 heteroatoms. The van der Waals surface area contributed by atoms with Crippen molar-refractivity contribution in [3.8, 4) is 0 Å². The van der Waals surface area contributed by atoms with Gasteiger partial charge in [0.25, 0.3) is 0 Å². The van der Waals surface area contributed by atoms with Crippen molar-refractivity contribution < 1.29 is 10.2 Å². The summed E-state index contributed by atoms with van der Waals surface area (Å²) in [7, 11) is 1.77. The summed E-state index contributed by atoms with van der Waals surface area (Å²) in [6.45, 7) is 0.0941. The zero-order valence-corrected chi connectivity index (χ0v) is 6.49. The lowest BCUT2D eigenvalue weighted by Gasteiger charge is -1.92. The molecule has 0 fully saturated rings. The van der Waals surface area contributed by atoms with Crippen LogP contribution in [0.4, 0.5) is 0 Å². The van der Waals surface area contributed by atoms with E-state index in [4.69, 9.17) is 10.2 Å². The molecule has 0 amide bonds. The highest BCUT2D eigenvalue weighted by atomic mass is 16.3. The minimum absolute atomic E-state index is 0.00503. The summed E-state index contributed by atoms with van der Waals surface area (Å²) in [6.07, 6.45) is 0.549. The second kappa shape index (κ2) is 3.50. The average molecular weight is 156 g/mol. The summed E-state index contributed by atoms with van der Waals surface area (Å²) in [5.41, 5.74) is 1.59. The quantitative estimate of drug-likeness (QED) is 0.617. The standard InChI is InChI=1S/C7H12N2O2/c1-9-7(5-11)4-6(8-9)2-3-10/h4,10-11H,2-3,5H2,1H3. The lowest BCUT2D eigenvalue weighted by molar-refractivity contribution is 0.270. The number of aliphatic hydroxyl groups excluding tert-OH is 2. The molecule has 4 nitrogen and oxygen atoms in total. The number of aliphatic hydroxyl groups is 2. The maximum absolute atomic E-state index is 8.78. The second-order valence-electron chi connectivity index (χ2n) is 2.38. The Labute approximate surface area is 65.1 Å². The highest BCUT2D eigenvalue weighted by molar-refractivity contribution is 5.09. The molecule has 0 radical (unpaired) electrons. The highest BCUT2D eigenvalue weighted by Gasteiger charge is 2.01. The fourth-order valence-electron chi connectivity index (χ4n) is 0.956. The predicted molar refractivity (Wildman–Crippen MR) is 39.9 cm³/mol. The van der Waals surface area contributed by atoms with Crippen LogP contribution in [0.1, 0.15) is 11.4 Å². The van der Waals surface area contributed by atoms with Gasteiger partial charge in [0, 0.05) is 20.1 Å². The van der Waals surface area contributed by atoms with Gasteiger partial charge in [0.1, 0.15) is 0 Å². The van der Waals surface area contributed by atoms with Crippen LogP contribution < -0.4 is 0 Å². The Hall–Kier alpha value is -0.870. The number of rotatable bonds is 3. The fraction of sp³-hybridized carbons (Fsp3) is 0.571. The zero-order chi connectivity index (χ0) is 8.27. The number of hydrogen-bond donors (Lipinski definition) is 2. The van der Waals surface area contributed by atoms with Crippen molar-refractivity contribution in [1.82, 2.24) is 9.78 Å². The molecule has 0 atom stereocenters.